The zero-order valence-electron chi connectivity index (χ0n) is 25.0. The number of ether oxygens (including phenoxy) is 2. The summed E-state index contributed by atoms with van der Waals surface area (Å²) in [7, 11) is 2.94. The number of hydrogen-bond donors (Lipinski definition) is 3. The van der Waals surface area contributed by atoms with Gasteiger partial charge in [0.05, 0.1) is 36.3 Å². The van der Waals surface area contributed by atoms with Crippen LogP contribution in [0.1, 0.15) is 41.8 Å². The third kappa shape index (κ3) is 5.48. The Morgan fingerprint density at radius 3 is 2.27 bits per heavy atom. The quantitative estimate of drug-likeness (QED) is 0.153. The number of halogens is 1. The topological polar surface area (TPSA) is 208 Å². The molecule has 1 aromatic rings. The van der Waals surface area contributed by atoms with Gasteiger partial charge in [0.1, 0.15) is 5.75 Å². The van der Waals surface area contributed by atoms with Crippen LogP contribution in [0.2, 0.25) is 0 Å². The van der Waals surface area contributed by atoms with Crippen molar-refractivity contribution in [2.24, 2.45) is 29.4 Å². The SMILES string of the molecule is CCOC(=O)C(F)=CC(=Cc1ccc(O)c2c1C[C@H]1C[C@H]3[C@H](N(C)C)C(=O)C(C(N)=O)C(=O)[C@@]3(O)C(=O)C1C2=O)C(=O)OCC. The van der Waals surface area contributed by atoms with Crippen molar-refractivity contribution in [2.75, 3.05) is 27.3 Å². The van der Waals surface area contributed by atoms with Gasteiger partial charge in [0.25, 0.3) is 0 Å². The molecule has 0 radical (unpaired) electrons. The monoisotopic (exact) mass is 628 g/mol. The number of phenols is 1. The van der Waals surface area contributed by atoms with Crippen molar-refractivity contribution in [2.45, 2.75) is 38.3 Å². The first kappa shape index (κ1) is 33.3. The van der Waals surface area contributed by atoms with Gasteiger partial charge in [-0.15, -0.1) is 0 Å². The number of Topliss-reactive ketones (excluding diaryl/α,β-unsaturated/α-hetero) is 4. The van der Waals surface area contributed by atoms with E-state index in [9.17, 15) is 48.2 Å². The average Bonchev–Trinajstić information content (AvgIpc) is 2.95. The van der Waals surface area contributed by atoms with E-state index >= 15 is 0 Å². The van der Waals surface area contributed by atoms with Crippen LogP contribution in [0.15, 0.2) is 29.6 Å². The molecule has 4 N–H and O–H groups in total. The lowest BCUT2D eigenvalue weighted by atomic mass is 9.52. The zero-order chi connectivity index (χ0) is 33.5. The number of nitrogens with two attached hydrogens (primary N) is 1. The van der Waals surface area contributed by atoms with Crippen LogP contribution in [-0.2, 0) is 44.7 Å². The van der Waals surface area contributed by atoms with Gasteiger partial charge in [-0.05, 0) is 76.0 Å². The van der Waals surface area contributed by atoms with Crippen LogP contribution in [0.4, 0.5) is 4.39 Å². The molecule has 14 heteroatoms. The van der Waals surface area contributed by atoms with E-state index < -0.39 is 93.4 Å². The fourth-order valence-corrected chi connectivity index (χ4v) is 6.70. The number of amides is 1. The number of carbonyl (C=O) groups is 7. The summed E-state index contributed by atoms with van der Waals surface area (Å²) in [6.07, 6.45) is 1.47. The normalized spacial score (nSPS) is 28.3. The van der Waals surface area contributed by atoms with Gasteiger partial charge in [-0.2, -0.15) is 4.39 Å². The smallest absolute Gasteiger partial charge is 0.367 e. The molecule has 3 aliphatic rings. The largest absolute Gasteiger partial charge is 0.507 e. The summed E-state index contributed by atoms with van der Waals surface area (Å²) in [6.45, 7) is 2.76. The number of ketones is 4. The lowest BCUT2D eigenvalue weighted by Gasteiger charge is -2.52. The molecule has 0 bridgehead atoms. The van der Waals surface area contributed by atoms with Crippen molar-refractivity contribution >= 4 is 47.1 Å². The van der Waals surface area contributed by atoms with Crippen molar-refractivity contribution in [3.05, 3.63) is 46.3 Å². The summed E-state index contributed by atoms with van der Waals surface area (Å²) in [6, 6.07) is 1.17. The number of nitrogens with zero attached hydrogens (tertiary/aromatic N) is 1. The van der Waals surface area contributed by atoms with Crippen molar-refractivity contribution in [1.29, 1.82) is 0 Å². The van der Waals surface area contributed by atoms with E-state index in [0.717, 1.165) is 12.1 Å². The maximum Gasteiger partial charge on any atom is 0.367 e. The highest BCUT2D eigenvalue weighted by Crippen LogP contribution is 2.51. The number of fused-ring (bicyclic) bond motifs is 3. The second kappa shape index (κ2) is 12.4. The molecule has 4 rings (SSSR count). The molecule has 1 amide bonds. The first-order valence-electron chi connectivity index (χ1n) is 14.2. The Balaban J connectivity index is 1.86. The van der Waals surface area contributed by atoms with Gasteiger partial charge < -0.3 is 25.4 Å². The summed E-state index contributed by atoms with van der Waals surface area (Å²) in [4.78, 5) is 92.6. The van der Waals surface area contributed by atoms with E-state index in [4.69, 9.17) is 10.5 Å². The first-order valence-corrected chi connectivity index (χ1v) is 14.2. The van der Waals surface area contributed by atoms with E-state index in [1.165, 1.54) is 38.9 Å². The minimum atomic E-state index is -2.88. The maximum absolute atomic E-state index is 14.6. The number of rotatable bonds is 8. The number of benzene rings is 1. The van der Waals surface area contributed by atoms with Gasteiger partial charge in [-0.25, -0.2) is 9.59 Å². The van der Waals surface area contributed by atoms with Crippen molar-refractivity contribution < 1.29 is 57.6 Å². The summed E-state index contributed by atoms with van der Waals surface area (Å²) < 4.78 is 24.2. The number of likely N-dealkylation sites (N-methyl/N-ethyl adjacent to an activating group) is 1. The van der Waals surface area contributed by atoms with Crippen molar-refractivity contribution in [3.8, 4) is 5.75 Å². The second-order valence-corrected chi connectivity index (χ2v) is 11.3. The fourth-order valence-electron chi connectivity index (χ4n) is 6.70. The van der Waals surface area contributed by atoms with E-state index in [2.05, 4.69) is 4.74 Å². The van der Waals surface area contributed by atoms with Crippen LogP contribution < -0.4 is 5.73 Å². The molecule has 240 valence electrons. The Kier molecular flexibility index (Phi) is 9.22. The predicted octanol–water partition coefficient (Wildman–Crippen LogP) is 0.230. The first-order chi connectivity index (χ1) is 21.1. The molecule has 0 saturated heterocycles. The zero-order valence-corrected chi connectivity index (χ0v) is 25.0. The molecule has 45 heavy (non-hydrogen) atoms. The number of aliphatic hydroxyl groups is 1. The summed E-state index contributed by atoms with van der Waals surface area (Å²) in [5, 5.41) is 22.4. The van der Waals surface area contributed by atoms with Gasteiger partial charge in [-0.1, -0.05) is 6.07 Å². The van der Waals surface area contributed by atoms with Gasteiger partial charge >= 0.3 is 11.9 Å². The van der Waals surface area contributed by atoms with Crippen LogP contribution in [0.25, 0.3) is 6.08 Å². The number of phenolic OH excluding ortho intramolecular Hbond substituents is 1. The number of primary amides is 1. The standard InChI is InChI=1S/C31H33FN2O11/c1-5-44-29(41)15(12-18(32)30(42)45-6-2)9-13-7-8-19(35)21-16(13)10-14-11-17-23(34(3)4)25(37)22(28(33)40)27(39)31(17,43)26(38)20(14)24(21)36/h7-9,12,14,17,20,22-23,35,43H,5-6,10-11H2,1-4H3,(H2,33,40)/t14-,17-,20?,22?,23-,31-/m0/s1. The molecule has 6 atom stereocenters. The lowest BCUT2D eigenvalue weighted by molar-refractivity contribution is -0.181. The molecule has 0 heterocycles. The van der Waals surface area contributed by atoms with E-state index in [1.54, 1.807) is 0 Å². The Morgan fingerprint density at radius 1 is 1.07 bits per heavy atom. The fraction of sp³-hybridized carbons (Fsp3) is 0.452. The maximum atomic E-state index is 14.6. The van der Waals surface area contributed by atoms with Gasteiger partial charge in [0.2, 0.25) is 11.7 Å². The van der Waals surface area contributed by atoms with Crippen LogP contribution in [-0.4, -0.2) is 95.0 Å². The van der Waals surface area contributed by atoms with Crippen molar-refractivity contribution in [1.82, 2.24) is 4.90 Å². The van der Waals surface area contributed by atoms with Crippen LogP contribution in [0, 0.1) is 23.7 Å². The van der Waals surface area contributed by atoms with Crippen LogP contribution in [0.5, 0.6) is 5.75 Å². The molecular formula is C31H33FN2O11. The highest BCUT2D eigenvalue weighted by Gasteiger charge is 2.69. The third-order valence-electron chi connectivity index (χ3n) is 8.56. The molecule has 1 aromatic carbocycles. The Hall–Kier alpha value is -4.56. The molecular weight excluding hydrogens is 595 g/mol. The molecule has 0 aliphatic heterocycles. The number of esters is 2. The molecule has 2 saturated carbocycles. The lowest BCUT2D eigenvalue weighted by Crippen LogP contribution is -2.74. The molecule has 3 aliphatic carbocycles. The molecule has 2 unspecified atom stereocenters. The van der Waals surface area contributed by atoms with Gasteiger partial charge in [-0.3, -0.25) is 28.9 Å². The Morgan fingerprint density at radius 2 is 1.69 bits per heavy atom. The van der Waals surface area contributed by atoms with Crippen LogP contribution in [0.3, 0.4) is 0 Å². The van der Waals surface area contributed by atoms with Gasteiger partial charge in [0, 0.05) is 5.92 Å². The predicted molar refractivity (Wildman–Crippen MR) is 152 cm³/mol. The van der Waals surface area contributed by atoms with Crippen molar-refractivity contribution in [3.63, 3.8) is 0 Å². The number of carbonyl (C=O) groups excluding carboxylic acids is 7. The second-order valence-electron chi connectivity index (χ2n) is 11.3. The summed E-state index contributed by atoms with van der Waals surface area (Å²) in [5.74, 6) is -15.9. The third-order valence-corrected chi connectivity index (χ3v) is 8.56. The highest BCUT2D eigenvalue weighted by molar-refractivity contribution is 6.32. The summed E-state index contributed by atoms with van der Waals surface area (Å²) in [5.41, 5.74) is 2.01. The van der Waals surface area contributed by atoms with Crippen LogP contribution >= 0.6 is 0 Å². The van der Waals surface area contributed by atoms with E-state index in [0.29, 0.717) is 6.08 Å². The molecule has 0 spiro atoms. The molecule has 2 fully saturated rings. The minimum Gasteiger partial charge on any atom is -0.507 e. The van der Waals surface area contributed by atoms with Gasteiger partial charge in [0.15, 0.2) is 34.7 Å². The molecule has 13 nitrogen and oxygen atoms in total. The minimum absolute atomic E-state index is 0.0888. The molecule has 0 aromatic heterocycles. The number of aromatic hydroxyl groups is 1. The Labute approximate surface area is 256 Å². The summed E-state index contributed by atoms with van der Waals surface area (Å²) >= 11 is 0. The Bertz CT molecular complexity index is 1580. The highest BCUT2D eigenvalue weighted by atomic mass is 19.1. The number of hydrogen-bond acceptors (Lipinski definition) is 12. The average molecular weight is 629 g/mol. The van der Waals surface area contributed by atoms with E-state index in [-0.39, 0.29) is 42.7 Å². The van der Waals surface area contributed by atoms with E-state index in [1.807, 2.05) is 0 Å².